The Morgan fingerprint density at radius 1 is 0.708 bits per heavy atom. The maximum atomic E-state index is 5.85. The standard InChI is InChI=1S/C19H14Cl2N2O/c20-15-3-7-17(8-4-15)23-22-13-14-1-9-18(10-2-14)24-19-11-5-16(21)6-12-19/h1-13,23H. The van der Waals surface area contributed by atoms with Crippen molar-refractivity contribution in [3.8, 4) is 11.5 Å². The second kappa shape index (κ2) is 7.86. The zero-order valence-corrected chi connectivity index (χ0v) is 14.1. The molecule has 3 nitrogen and oxygen atoms in total. The fraction of sp³-hybridized carbons (Fsp3) is 0. The molecular weight excluding hydrogens is 343 g/mol. The Morgan fingerprint density at radius 3 is 1.79 bits per heavy atom. The summed E-state index contributed by atoms with van der Waals surface area (Å²) in [4.78, 5) is 0. The van der Waals surface area contributed by atoms with Crippen molar-refractivity contribution in [2.45, 2.75) is 0 Å². The summed E-state index contributed by atoms with van der Waals surface area (Å²) in [6, 6.07) is 22.2. The van der Waals surface area contributed by atoms with Crippen LogP contribution in [0.25, 0.3) is 0 Å². The summed E-state index contributed by atoms with van der Waals surface area (Å²) in [6.07, 6.45) is 1.74. The molecule has 0 amide bonds. The van der Waals surface area contributed by atoms with Crippen LogP contribution in [0.1, 0.15) is 5.56 Å². The van der Waals surface area contributed by atoms with E-state index in [0.29, 0.717) is 10.0 Å². The molecule has 0 aliphatic carbocycles. The summed E-state index contributed by atoms with van der Waals surface area (Å²) < 4.78 is 5.74. The molecule has 3 rings (SSSR count). The van der Waals surface area contributed by atoms with Crippen molar-refractivity contribution in [3.63, 3.8) is 0 Å². The number of ether oxygens (including phenoxy) is 1. The summed E-state index contributed by atoms with van der Waals surface area (Å²) >= 11 is 11.7. The minimum atomic E-state index is 0.682. The Labute approximate surface area is 150 Å². The van der Waals surface area contributed by atoms with Crippen molar-refractivity contribution in [2.75, 3.05) is 5.43 Å². The lowest BCUT2D eigenvalue weighted by Gasteiger charge is -2.05. The predicted molar refractivity (Wildman–Crippen MR) is 101 cm³/mol. The van der Waals surface area contributed by atoms with Gasteiger partial charge in [0.05, 0.1) is 11.9 Å². The van der Waals surface area contributed by atoms with E-state index in [9.17, 15) is 0 Å². The molecular formula is C19H14Cl2N2O. The molecule has 3 aromatic carbocycles. The number of nitrogens with one attached hydrogen (secondary N) is 1. The Hall–Kier alpha value is -2.49. The van der Waals surface area contributed by atoms with Gasteiger partial charge >= 0.3 is 0 Å². The van der Waals surface area contributed by atoms with Crippen molar-refractivity contribution < 1.29 is 4.74 Å². The monoisotopic (exact) mass is 356 g/mol. The lowest BCUT2D eigenvalue weighted by molar-refractivity contribution is 0.482. The van der Waals surface area contributed by atoms with E-state index in [0.717, 1.165) is 22.7 Å². The molecule has 0 aliphatic heterocycles. The number of anilines is 1. The van der Waals surface area contributed by atoms with E-state index in [1.54, 1.807) is 18.3 Å². The second-order valence-corrected chi connectivity index (χ2v) is 5.87. The van der Waals surface area contributed by atoms with E-state index in [4.69, 9.17) is 27.9 Å². The Morgan fingerprint density at radius 2 is 1.21 bits per heavy atom. The van der Waals surface area contributed by atoms with Gasteiger partial charge in [-0.2, -0.15) is 5.10 Å². The number of hydrogen-bond acceptors (Lipinski definition) is 3. The van der Waals surface area contributed by atoms with Crippen molar-refractivity contribution in [1.29, 1.82) is 0 Å². The van der Waals surface area contributed by atoms with Gasteiger partial charge in [0.15, 0.2) is 0 Å². The molecule has 0 aromatic heterocycles. The molecule has 120 valence electrons. The van der Waals surface area contributed by atoms with Gasteiger partial charge in [0.2, 0.25) is 0 Å². The molecule has 24 heavy (non-hydrogen) atoms. The largest absolute Gasteiger partial charge is 0.457 e. The molecule has 0 spiro atoms. The number of hydrogen-bond donors (Lipinski definition) is 1. The van der Waals surface area contributed by atoms with Gasteiger partial charge in [0.25, 0.3) is 0 Å². The second-order valence-electron chi connectivity index (χ2n) is 5.00. The van der Waals surface area contributed by atoms with Crippen molar-refractivity contribution in [3.05, 3.63) is 88.4 Å². The van der Waals surface area contributed by atoms with E-state index in [-0.39, 0.29) is 0 Å². The maximum absolute atomic E-state index is 5.85. The first kappa shape index (κ1) is 16.4. The topological polar surface area (TPSA) is 33.6 Å². The van der Waals surface area contributed by atoms with Crippen LogP contribution in [0.3, 0.4) is 0 Å². The number of rotatable bonds is 5. The first-order valence-corrected chi connectivity index (χ1v) is 8.03. The van der Waals surface area contributed by atoms with Gasteiger partial charge in [-0.1, -0.05) is 23.2 Å². The smallest absolute Gasteiger partial charge is 0.127 e. The van der Waals surface area contributed by atoms with E-state index < -0.39 is 0 Å². The van der Waals surface area contributed by atoms with Gasteiger partial charge < -0.3 is 4.74 Å². The van der Waals surface area contributed by atoms with Crippen LogP contribution < -0.4 is 10.2 Å². The lowest BCUT2D eigenvalue weighted by Crippen LogP contribution is -1.90. The average molecular weight is 357 g/mol. The van der Waals surface area contributed by atoms with Gasteiger partial charge in [-0.15, -0.1) is 0 Å². The highest BCUT2D eigenvalue weighted by molar-refractivity contribution is 6.30. The molecule has 0 saturated heterocycles. The SMILES string of the molecule is Clc1ccc(NN=Cc2ccc(Oc3ccc(Cl)cc3)cc2)cc1. The summed E-state index contributed by atoms with van der Waals surface area (Å²) in [5.41, 5.74) is 4.78. The van der Waals surface area contributed by atoms with Crippen LogP contribution in [0.2, 0.25) is 10.0 Å². The molecule has 0 bridgehead atoms. The Kier molecular flexibility index (Phi) is 5.36. The van der Waals surface area contributed by atoms with Crippen LogP contribution >= 0.6 is 23.2 Å². The third kappa shape index (κ3) is 4.75. The van der Waals surface area contributed by atoms with Gasteiger partial charge in [0, 0.05) is 10.0 Å². The summed E-state index contributed by atoms with van der Waals surface area (Å²) in [7, 11) is 0. The van der Waals surface area contributed by atoms with Gasteiger partial charge in [0.1, 0.15) is 11.5 Å². The molecule has 0 aliphatic rings. The highest BCUT2D eigenvalue weighted by atomic mass is 35.5. The molecule has 0 unspecified atom stereocenters. The highest BCUT2D eigenvalue weighted by Gasteiger charge is 1.97. The number of nitrogens with zero attached hydrogens (tertiary/aromatic N) is 1. The number of benzene rings is 3. The van der Waals surface area contributed by atoms with Crippen LogP contribution in [0.4, 0.5) is 5.69 Å². The number of halogens is 2. The molecule has 5 heteroatoms. The molecule has 1 N–H and O–H groups in total. The zero-order valence-electron chi connectivity index (χ0n) is 12.6. The molecule has 0 fully saturated rings. The fourth-order valence-corrected chi connectivity index (χ4v) is 2.22. The fourth-order valence-electron chi connectivity index (χ4n) is 1.97. The normalized spacial score (nSPS) is 10.8. The molecule has 0 heterocycles. The van der Waals surface area contributed by atoms with Crippen LogP contribution in [0.5, 0.6) is 11.5 Å². The molecule has 3 aromatic rings. The van der Waals surface area contributed by atoms with Crippen molar-refractivity contribution >= 4 is 35.1 Å². The van der Waals surface area contributed by atoms with Crippen molar-refractivity contribution in [2.24, 2.45) is 5.10 Å². The van der Waals surface area contributed by atoms with Crippen LogP contribution in [-0.4, -0.2) is 6.21 Å². The molecule has 0 atom stereocenters. The quantitative estimate of drug-likeness (QED) is 0.434. The van der Waals surface area contributed by atoms with Crippen LogP contribution in [0, 0.1) is 0 Å². The molecule has 0 radical (unpaired) electrons. The Balaban J connectivity index is 1.58. The first-order chi connectivity index (χ1) is 11.7. The van der Waals surface area contributed by atoms with Gasteiger partial charge in [-0.3, -0.25) is 5.43 Å². The Bertz CT molecular complexity index is 813. The third-order valence-corrected chi connectivity index (χ3v) is 3.68. The van der Waals surface area contributed by atoms with Gasteiger partial charge in [-0.25, -0.2) is 0 Å². The minimum Gasteiger partial charge on any atom is -0.457 e. The van der Waals surface area contributed by atoms with Gasteiger partial charge in [-0.05, 0) is 78.4 Å². The van der Waals surface area contributed by atoms with E-state index in [2.05, 4.69) is 10.5 Å². The average Bonchev–Trinajstić information content (AvgIpc) is 2.60. The van der Waals surface area contributed by atoms with E-state index >= 15 is 0 Å². The van der Waals surface area contributed by atoms with Crippen molar-refractivity contribution in [1.82, 2.24) is 0 Å². The third-order valence-electron chi connectivity index (χ3n) is 3.18. The summed E-state index contributed by atoms with van der Waals surface area (Å²) in [5, 5.41) is 5.57. The number of hydrazone groups is 1. The summed E-state index contributed by atoms with van der Waals surface area (Å²) in [5.74, 6) is 1.49. The highest BCUT2D eigenvalue weighted by Crippen LogP contribution is 2.23. The first-order valence-electron chi connectivity index (χ1n) is 7.27. The van der Waals surface area contributed by atoms with E-state index in [1.165, 1.54) is 0 Å². The predicted octanol–water partition coefficient (Wildman–Crippen LogP) is 6.23. The van der Waals surface area contributed by atoms with E-state index in [1.807, 2.05) is 60.7 Å². The van der Waals surface area contributed by atoms with Crippen LogP contribution in [-0.2, 0) is 0 Å². The lowest BCUT2D eigenvalue weighted by atomic mass is 10.2. The summed E-state index contributed by atoms with van der Waals surface area (Å²) in [6.45, 7) is 0. The zero-order chi connectivity index (χ0) is 16.8. The minimum absolute atomic E-state index is 0.682. The molecule has 0 saturated carbocycles. The van der Waals surface area contributed by atoms with Crippen LogP contribution in [0.15, 0.2) is 77.9 Å². The maximum Gasteiger partial charge on any atom is 0.127 e.